The Morgan fingerprint density at radius 1 is 1.00 bits per heavy atom. The number of hydrogen-bond donors (Lipinski definition) is 2. The first-order chi connectivity index (χ1) is 12.5. The number of carbonyl (C=O) groups is 1. The van der Waals surface area contributed by atoms with Gasteiger partial charge in [-0.15, -0.1) is 0 Å². The highest BCUT2D eigenvalue weighted by Crippen LogP contribution is 2.22. The van der Waals surface area contributed by atoms with Crippen LogP contribution in [0, 0.1) is 0 Å². The molecule has 3 aromatic rings. The van der Waals surface area contributed by atoms with Crippen LogP contribution in [-0.2, 0) is 14.1 Å². The molecule has 7 nitrogen and oxygen atoms in total. The van der Waals surface area contributed by atoms with E-state index in [0.29, 0.717) is 13.1 Å². The van der Waals surface area contributed by atoms with Gasteiger partial charge in [0.15, 0.2) is 0 Å². The zero-order valence-electron chi connectivity index (χ0n) is 14.7. The molecule has 0 saturated heterocycles. The van der Waals surface area contributed by atoms with E-state index in [9.17, 15) is 14.4 Å². The monoisotopic (exact) mass is 352 g/mol. The second kappa shape index (κ2) is 7.26. The van der Waals surface area contributed by atoms with Crippen molar-refractivity contribution in [3.05, 3.63) is 75.1 Å². The molecule has 0 saturated carbocycles. The van der Waals surface area contributed by atoms with Crippen molar-refractivity contribution in [2.45, 2.75) is 0 Å². The van der Waals surface area contributed by atoms with Gasteiger partial charge in [-0.05, 0) is 11.5 Å². The Hall–Kier alpha value is -3.35. The molecule has 2 aromatic carbocycles. The van der Waals surface area contributed by atoms with Crippen molar-refractivity contribution in [1.82, 2.24) is 14.5 Å². The molecule has 0 aliphatic rings. The molecule has 0 radical (unpaired) electrons. The topological polar surface area (TPSA) is 85.1 Å². The summed E-state index contributed by atoms with van der Waals surface area (Å²) in [7, 11) is 2.85. The molecule has 3 rings (SSSR count). The molecule has 2 N–H and O–H groups in total. The largest absolute Gasteiger partial charge is 0.383 e. The molecule has 1 aromatic heterocycles. The number of anilines is 1. The van der Waals surface area contributed by atoms with Gasteiger partial charge in [-0.1, -0.05) is 36.4 Å². The Kier molecular flexibility index (Phi) is 4.88. The fraction of sp³-hybridized carbons (Fsp3) is 0.211. The van der Waals surface area contributed by atoms with E-state index >= 15 is 0 Å². The van der Waals surface area contributed by atoms with Gasteiger partial charge in [0.05, 0.1) is 0 Å². The minimum atomic E-state index is -0.604. The highest BCUT2D eigenvalue weighted by atomic mass is 16.2. The van der Waals surface area contributed by atoms with E-state index in [4.69, 9.17) is 0 Å². The van der Waals surface area contributed by atoms with E-state index in [2.05, 4.69) is 10.6 Å². The summed E-state index contributed by atoms with van der Waals surface area (Å²) in [5.41, 5.74) is -0.146. The number of amides is 1. The average Bonchev–Trinajstić information content (AvgIpc) is 2.66. The van der Waals surface area contributed by atoms with Crippen LogP contribution in [0.3, 0.4) is 0 Å². The van der Waals surface area contributed by atoms with Crippen molar-refractivity contribution in [2.24, 2.45) is 14.1 Å². The lowest BCUT2D eigenvalue weighted by atomic mass is 10.1. The normalized spacial score (nSPS) is 10.7. The molecule has 0 atom stereocenters. The molecule has 0 spiro atoms. The fourth-order valence-corrected chi connectivity index (χ4v) is 2.81. The van der Waals surface area contributed by atoms with Crippen LogP contribution in [-0.4, -0.2) is 28.1 Å². The molecular formula is C19H20N4O3. The van der Waals surface area contributed by atoms with E-state index in [0.717, 1.165) is 21.0 Å². The Morgan fingerprint density at radius 2 is 1.73 bits per heavy atom. The zero-order valence-corrected chi connectivity index (χ0v) is 14.7. The highest BCUT2D eigenvalue weighted by Gasteiger charge is 2.14. The van der Waals surface area contributed by atoms with Crippen LogP contribution in [0.4, 0.5) is 5.69 Å². The summed E-state index contributed by atoms with van der Waals surface area (Å²) in [5.74, 6) is -0.499. The van der Waals surface area contributed by atoms with Gasteiger partial charge in [-0.25, -0.2) is 4.79 Å². The summed E-state index contributed by atoms with van der Waals surface area (Å²) in [4.78, 5) is 36.0. The van der Waals surface area contributed by atoms with E-state index in [-0.39, 0.29) is 5.56 Å². The number of nitrogens with zero attached hydrogens (tertiary/aromatic N) is 2. The Balaban J connectivity index is 1.64. The van der Waals surface area contributed by atoms with Gasteiger partial charge in [0.25, 0.3) is 11.5 Å². The van der Waals surface area contributed by atoms with Crippen LogP contribution in [0.1, 0.15) is 10.4 Å². The van der Waals surface area contributed by atoms with Crippen molar-refractivity contribution in [3.8, 4) is 0 Å². The maximum Gasteiger partial charge on any atom is 0.330 e. The SMILES string of the molecule is Cn1cc(C(=O)NCCNc2cccc3ccccc23)c(=O)n(C)c1=O. The van der Waals surface area contributed by atoms with E-state index in [1.54, 1.807) is 0 Å². The fourth-order valence-electron chi connectivity index (χ4n) is 2.81. The minimum absolute atomic E-state index is 0.0558. The van der Waals surface area contributed by atoms with Crippen LogP contribution in [0.25, 0.3) is 10.8 Å². The molecule has 0 aliphatic heterocycles. The summed E-state index contributed by atoms with van der Waals surface area (Å²) >= 11 is 0. The van der Waals surface area contributed by atoms with Crippen LogP contribution in [0.2, 0.25) is 0 Å². The minimum Gasteiger partial charge on any atom is -0.383 e. The molecule has 0 aliphatic carbocycles. The third-order valence-corrected chi connectivity index (χ3v) is 4.21. The van der Waals surface area contributed by atoms with Gasteiger partial charge in [-0.3, -0.25) is 14.2 Å². The highest BCUT2D eigenvalue weighted by molar-refractivity contribution is 5.94. The number of benzene rings is 2. The molecule has 0 bridgehead atoms. The maximum absolute atomic E-state index is 12.2. The summed E-state index contributed by atoms with van der Waals surface area (Å²) in [6.45, 7) is 0.847. The smallest absolute Gasteiger partial charge is 0.330 e. The van der Waals surface area contributed by atoms with Crippen molar-refractivity contribution in [2.75, 3.05) is 18.4 Å². The second-order valence-corrected chi connectivity index (χ2v) is 6.01. The molecular weight excluding hydrogens is 332 g/mol. The van der Waals surface area contributed by atoms with E-state index in [1.807, 2.05) is 42.5 Å². The lowest BCUT2D eigenvalue weighted by molar-refractivity contribution is 0.0952. The quantitative estimate of drug-likeness (QED) is 0.673. The predicted molar refractivity (Wildman–Crippen MR) is 102 cm³/mol. The van der Waals surface area contributed by atoms with Gasteiger partial charge < -0.3 is 15.2 Å². The Morgan fingerprint density at radius 3 is 2.54 bits per heavy atom. The third-order valence-electron chi connectivity index (χ3n) is 4.21. The van der Waals surface area contributed by atoms with Crippen LogP contribution < -0.4 is 21.9 Å². The Labute approximate surface area is 149 Å². The third kappa shape index (κ3) is 3.37. The standard InChI is InChI=1S/C19H20N4O3/c1-22-12-15(18(25)23(2)19(22)26)17(24)21-11-10-20-16-9-5-7-13-6-3-4-8-14(13)16/h3-9,12,20H,10-11H2,1-2H3,(H,21,24). The van der Waals surface area contributed by atoms with Crippen LogP contribution >= 0.6 is 0 Å². The van der Waals surface area contributed by atoms with Crippen LogP contribution in [0.15, 0.2) is 58.3 Å². The first-order valence-electron chi connectivity index (χ1n) is 8.25. The van der Waals surface area contributed by atoms with Gasteiger partial charge >= 0.3 is 5.69 Å². The van der Waals surface area contributed by atoms with Gasteiger partial charge in [0, 0.05) is 44.5 Å². The first kappa shape index (κ1) is 17.5. The molecule has 0 fully saturated rings. The molecule has 7 heteroatoms. The van der Waals surface area contributed by atoms with E-state index < -0.39 is 17.2 Å². The molecule has 1 amide bonds. The Bertz CT molecular complexity index is 1080. The predicted octanol–water partition coefficient (Wildman–Crippen LogP) is 1.08. The molecule has 26 heavy (non-hydrogen) atoms. The number of aryl methyl sites for hydroxylation is 1. The zero-order chi connectivity index (χ0) is 18.7. The number of rotatable bonds is 5. The van der Waals surface area contributed by atoms with Gasteiger partial charge in [0.2, 0.25) is 0 Å². The van der Waals surface area contributed by atoms with E-state index in [1.165, 1.54) is 24.9 Å². The summed E-state index contributed by atoms with van der Waals surface area (Å²) < 4.78 is 2.13. The number of aromatic nitrogens is 2. The first-order valence-corrected chi connectivity index (χ1v) is 8.25. The lowest BCUT2D eigenvalue weighted by Crippen LogP contribution is -2.42. The van der Waals surface area contributed by atoms with Crippen molar-refractivity contribution < 1.29 is 4.79 Å². The molecule has 134 valence electrons. The summed E-state index contributed by atoms with van der Waals surface area (Å²) in [5, 5.41) is 8.23. The lowest BCUT2D eigenvalue weighted by Gasteiger charge is -2.11. The molecule has 0 unspecified atom stereocenters. The maximum atomic E-state index is 12.2. The second-order valence-electron chi connectivity index (χ2n) is 6.01. The van der Waals surface area contributed by atoms with Crippen molar-refractivity contribution >= 4 is 22.4 Å². The van der Waals surface area contributed by atoms with Crippen molar-refractivity contribution in [3.63, 3.8) is 0 Å². The van der Waals surface area contributed by atoms with Gasteiger partial charge in [-0.2, -0.15) is 0 Å². The van der Waals surface area contributed by atoms with Crippen molar-refractivity contribution in [1.29, 1.82) is 0 Å². The summed E-state index contributed by atoms with van der Waals surface area (Å²) in [6, 6.07) is 14.0. The molecule has 1 heterocycles. The number of carbonyl (C=O) groups excluding carboxylic acids is 1. The number of hydrogen-bond acceptors (Lipinski definition) is 4. The van der Waals surface area contributed by atoms with Gasteiger partial charge in [0.1, 0.15) is 5.56 Å². The number of nitrogens with one attached hydrogen (secondary N) is 2. The number of fused-ring (bicyclic) bond motifs is 1. The van der Waals surface area contributed by atoms with Crippen LogP contribution in [0.5, 0.6) is 0 Å². The summed E-state index contributed by atoms with van der Waals surface area (Å²) in [6.07, 6.45) is 1.26. The average molecular weight is 352 g/mol.